The van der Waals surface area contributed by atoms with E-state index in [1.807, 2.05) is 0 Å². The third-order valence-electron chi connectivity index (χ3n) is 4.25. The summed E-state index contributed by atoms with van der Waals surface area (Å²) in [5.41, 5.74) is 5.28. The molecule has 0 bridgehead atoms. The van der Waals surface area contributed by atoms with Crippen molar-refractivity contribution in [2.75, 3.05) is 39.3 Å². The van der Waals surface area contributed by atoms with E-state index in [-0.39, 0.29) is 0 Å². The summed E-state index contributed by atoms with van der Waals surface area (Å²) in [7, 11) is -3.44. The van der Waals surface area contributed by atoms with Crippen LogP contribution in [0.3, 0.4) is 0 Å². The molecule has 0 aromatic rings. The molecule has 2 heterocycles. The van der Waals surface area contributed by atoms with Gasteiger partial charge < -0.3 is 10.6 Å². The van der Waals surface area contributed by atoms with Gasteiger partial charge >= 0.3 is 6.03 Å². The summed E-state index contributed by atoms with van der Waals surface area (Å²) < 4.78 is 28.7. The fraction of sp³-hybridized carbons (Fsp3) is 0.923. The van der Waals surface area contributed by atoms with E-state index in [0.717, 1.165) is 6.42 Å². The molecule has 0 aliphatic carbocycles. The quantitative estimate of drug-likeness (QED) is 0.794. The molecule has 0 aromatic carbocycles. The zero-order chi connectivity index (χ0) is 15.6. The highest BCUT2D eigenvalue weighted by Gasteiger charge is 2.35. The van der Waals surface area contributed by atoms with Crippen LogP contribution in [0.15, 0.2) is 0 Å². The minimum Gasteiger partial charge on any atom is -0.351 e. The predicted octanol–water partition coefficient (Wildman–Crippen LogP) is 0.296. The fourth-order valence-corrected chi connectivity index (χ4v) is 5.19. The third kappa shape index (κ3) is 3.87. The Balaban J connectivity index is 2.07. The Kier molecular flexibility index (Phi) is 5.11. The first-order chi connectivity index (χ1) is 9.80. The number of nitrogens with zero attached hydrogens (tertiary/aromatic N) is 3. The zero-order valence-electron chi connectivity index (χ0n) is 12.9. The van der Waals surface area contributed by atoms with Crippen molar-refractivity contribution in [3.8, 4) is 0 Å². The highest BCUT2D eigenvalue weighted by atomic mass is 32.2. The van der Waals surface area contributed by atoms with Crippen LogP contribution in [0.1, 0.15) is 26.7 Å². The number of hydrogen-bond acceptors (Lipinski definition) is 3. The van der Waals surface area contributed by atoms with E-state index in [9.17, 15) is 13.2 Å². The lowest BCUT2D eigenvalue weighted by Gasteiger charge is -2.36. The topological polar surface area (TPSA) is 87.0 Å². The summed E-state index contributed by atoms with van der Waals surface area (Å²) in [6.45, 7) is 7.02. The third-order valence-corrected chi connectivity index (χ3v) is 6.22. The molecule has 2 rings (SSSR count). The molecular weight excluding hydrogens is 292 g/mol. The molecule has 0 spiro atoms. The normalized spacial score (nSPS) is 30.1. The molecule has 2 N–H and O–H groups in total. The maximum Gasteiger partial charge on any atom is 0.314 e. The fourth-order valence-electron chi connectivity index (χ4n) is 3.30. The van der Waals surface area contributed by atoms with Gasteiger partial charge in [0.05, 0.1) is 0 Å². The van der Waals surface area contributed by atoms with Gasteiger partial charge in [0.25, 0.3) is 10.2 Å². The van der Waals surface area contributed by atoms with Crippen molar-refractivity contribution in [1.29, 1.82) is 0 Å². The van der Waals surface area contributed by atoms with Gasteiger partial charge in [-0.2, -0.15) is 17.0 Å². The number of carbonyl (C=O) groups is 1. The molecule has 0 radical (unpaired) electrons. The maximum absolute atomic E-state index is 12.8. The first-order valence-electron chi connectivity index (χ1n) is 7.60. The minimum absolute atomic E-state index is 0.324. The molecule has 2 amide bonds. The minimum atomic E-state index is -3.44. The van der Waals surface area contributed by atoms with Crippen molar-refractivity contribution in [2.45, 2.75) is 26.7 Å². The van der Waals surface area contributed by atoms with Gasteiger partial charge in [0.15, 0.2) is 0 Å². The smallest absolute Gasteiger partial charge is 0.314 e. The van der Waals surface area contributed by atoms with Crippen LogP contribution in [-0.4, -0.2) is 67.2 Å². The van der Waals surface area contributed by atoms with E-state index in [4.69, 9.17) is 5.73 Å². The van der Waals surface area contributed by atoms with E-state index in [1.165, 1.54) is 9.21 Å². The molecule has 122 valence electrons. The van der Waals surface area contributed by atoms with E-state index in [2.05, 4.69) is 13.8 Å². The Labute approximate surface area is 127 Å². The molecule has 21 heavy (non-hydrogen) atoms. The van der Waals surface area contributed by atoms with Gasteiger partial charge in [-0.15, -0.1) is 0 Å². The highest BCUT2D eigenvalue weighted by molar-refractivity contribution is 7.86. The van der Waals surface area contributed by atoms with Crippen LogP contribution in [0.4, 0.5) is 4.79 Å². The van der Waals surface area contributed by atoms with Crippen molar-refractivity contribution >= 4 is 16.2 Å². The molecule has 2 atom stereocenters. The van der Waals surface area contributed by atoms with Crippen LogP contribution < -0.4 is 5.73 Å². The average Bonchev–Trinajstić information content (AvgIpc) is 2.63. The van der Waals surface area contributed by atoms with Crippen LogP contribution >= 0.6 is 0 Å². The number of nitrogens with two attached hydrogens (primary N) is 1. The Bertz CT molecular complexity index is 472. The Hall–Kier alpha value is -0.860. The monoisotopic (exact) mass is 318 g/mol. The van der Waals surface area contributed by atoms with Gasteiger partial charge in [-0.1, -0.05) is 13.8 Å². The zero-order valence-corrected chi connectivity index (χ0v) is 13.7. The summed E-state index contributed by atoms with van der Waals surface area (Å²) >= 11 is 0. The molecule has 2 aliphatic heterocycles. The first-order valence-corrected chi connectivity index (χ1v) is 9.00. The van der Waals surface area contributed by atoms with Crippen LogP contribution in [0.5, 0.6) is 0 Å². The van der Waals surface area contributed by atoms with Crippen molar-refractivity contribution in [2.24, 2.45) is 17.6 Å². The number of hydrogen-bond donors (Lipinski definition) is 1. The van der Waals surface area contributed by atoms with Gasteiger partial charge in [0, 0.05) is 39.3 Å². The lowest BCUT2D eigenvalue weighted by Crippen LogP contribution is -2.50. The molecule has 8 heteroatoms. The second kappa shape index (κ2) is 6.50. The van der Waals surface area contributed by atoms with Crippen molar-refractivity contribution < 1.29 is 13.2 Å². The molecule has 2 unspecified atom stereocenters. The summed E-state index contributed by atoms with van der Waals surface area (Å²) in [4.78, 5) is 12.7. The second-order valence-corrected chi connectivity index (χ2v) is 8.28. The summed E-state index contributed by atoms with van der Waals surface area (Å²) in [5, 5.41) is 0. The van der Waals surface area contributed by atoms with Crippen LogP contribution in [0.25, 0.3) is 0 Å². The van der Waals surface area contributed by atoms with Gasteiger partial charge in [0.2, 0.25) is 0 Å². The standard InChI is InChI=1S/C13H26N4O3S/c1-11-8-12(2)10-17(9-11)21(19,20)16-5-3-4-15(6-7-16)13(14)18/h11-12H,3-10H2,1-2H3,(H2,14,18). The molecule has 2 saturated heterocycles. The molecule has 2 fully saturated rings. The van der Waals surface area contributed by atoms with Gasteiger partial charge in [-0.3, -0.25) is 0 Å². The van der Waals surface area contributed by atoms with Crippen LogP contribution in [-0.2, 0) is 10.2 Å². The van der Waals surface area contributed by atoms with Crippen LogP contribution in [0, 0.1) is 11.8 Å². The lowest BCUT2D eigenvalue weighted by molar-refractivity contribution is 0.204. The van der Waals surface area contributed by atoms with E-state index >= 15 is 0 Å². The maximum atomic E-state index is 12.8. The summed E-state index contributed by atoms with van der Waals surface area (Å²) in [5.74, 6) is 0.773. The summed E-state index contributed by atoms with van der Waals surface area (Å²) in [6.07, 6.45) is 1.70. The molecule has 7 nitrogen and oxygen atoms in total. The largest absolute Gasteiger partial charge is 0.351 e. The SMILES string of the molecule is CC1CC(C)CN(S(=O)(=O)N2CCCN(C(N)=O)CC2)C1. The van der Waals surface area contributed by atoms with E-state index < -0.39 is 16.2 Å². The number of carbonyl (C=O) groups excluding carboxylic acids is 1. The Morgan fingerprint density at radius 3 is 2.19 bits per heavy atom. The van der Waals surface area contributed by atoms with Crippen molar-refractivity contribution in [3.05, 3.63) is 0 Å². The van der Waals surface area contributed by atoms with E-state index in [0.29, 0.717) is 57.5 Å². The average molecular weight is 318 g/mol. The summed E-state index contributed by atoms with van der Waals surface area (Å²) in [6, 6.07) is -0.477. The van der Waals surface area contributed by atoms with Crippen molar-refractivity contribution in [1.82, 2.24) is 13.5 Å². The van der Waals surface area contributed by atoms with Gasteiger partial charge in [-0.05, 0) is 24.7 Å². The number of piperidine rings is 1. The van der Waals surface area contributed by atoms with Gasteiger partial charge in [0.1, 0.15) is 0 Å². The van der Waals surface area contributed by atoms with Crippen LogP contribution in [0.2, 0.25) is 0 Å². The molecular formula is C13H26N4O3S. The second-order valence-electron chi connectivity index (χ2n) is 6.35. The number of amides is 2. The first kappa shape index (κ1) is 16.5. The number of urea groups is 1. The van der Waals surface area contributed by atoms with Crippen molar-refractivity contribution in [3.63, 3.8) is 0 Å². The number of primary amides is 1. The molecule has 2 aliphatic rings. The predicted molar refractivity (Wildman–Crippen MR) is 80.8 cm³/mol. The lowest BCUT2D eigenvalue weighted by atomic mass is 9.94. The van der Waals surface area contributed by atoms with Gasteiger partial charge in [-0.25, -0.2) is 4.79 Å². The Morgan fingerprint density at radius 2 is 1.62 bits per heavy atom. The Morgan fingerprint density at radius 1 is 1.00 bits per heavy atom. The molecule has 0 saturated carbocycles. The number of rotatable bonds is 2. The highest BCUT2D eigenvalue weighted by Crippen LogP contribution is 2.25. The van der Waals surface area contributed by atoms with E-state index in [1.54, 1.807) is 4.31 Å². The molecule has 0 aromatic heterocycles.